The molecule has 0 heterocycles. The number of carboxylic acid groups (broad SMARTS) is 1. The summed E-state index contributed by atoms with van der Waals surface area (Å²) >= 11 is 5.90. The van der Waals surface area contributed by atoms with E-state index in [2.05, 4.69) is 12.2 Å². The van der Waals surface area contributed by atoms with Gasteiger partial charge in [0.05, 0.1) is 5.56 Å². The van der Waals surface area contributed by atoms with Gasteiger partial charge < -0.3 is 10.4 Å². The van der Waals surface area contributed by atoms with Crippen molar-refractivity contribution in [3.8, 4) is 0 Å². The molecule has 0 aliphatic carbocycles. The van der Waals surface area contributed by atoms with E-state index in [-0.39, 0.29) is 6.04 Å². The quantitative estimate of drug-likeness (QED) is 0.837. The summed E-state index contributed by atoms with van der Waals surface area (Å²) in [6, 6.07) is 15.0. The molecule has 110 valence electrons. The molecule has 0 saturated heterocycles. The number of benzene rings is 2. The molecule has 0 bridgehead atoms. The number of hydrogen-bond donors (Lipinski definition) is 2. The number of rotatable bonds is 6. The fraction of sp³-hybridized carbons (Fsp3) is 0.235. The minimum Gasteiger partial charge on any atom is -0.478 e. The van der Waals surface area contributed by atoms with Crippen LogP contribution < -0.4 is 5.32 Å². The Kier molecular flexibility index (Phi) is 5.37. The molecule has 21 heavy (non-hydrogen) atoms. The number of nitrogens with one attached hydrogen (secondary N) is 1. The molecule has 2 aromatic carbocycles. The molecule has 1 unspecified atom stereocenters. The summed E-state index contributed by atoms with van der Waals surface area (Å²) in [4.78, 5) is 10.8. The predicted molar refractivity (Wildman–Crippen MR) is 84.7 cm³/mol. The molecule has 4 heteroatoms. The lowest BCUT2D eigenvalue weighted by Gasteiger charge is -2.17. The third kappa shape index (κ3) is 4.31. The highest BCUT2D eigenvalue weighted by Crippen LogP contribution is 2.19. The van der Waals surface area contributed by atoms with Crippen molar-refractivity contribution < 1.29 is 9.90 Å². The first-order valence-electron chi connectivity index (χ1n) is 6.91. The van der Waals surface area contributed by atoms with Gasteiger partial charge in [-0.3, -0.25) is 0 Å². The Morgan fingerprint density at radius 2 is 1.76 bits per heavy atom. The van der Waals surface area contributed by atoms with Gasteiger partial charge in [-0.15, -0.1) is 0 Å². The van der Waals surface area contributed by atoms with Crippen LogP contribution in [0.15, 0.2) is 48.5 Å². The Morgan fingerprint density at radius 3 is 2.29 bits per heavy atom. The van der Waals surface area contributed by atoms with Crippen molar-refractivity contribution in [2.45, 2.75) is 25.9 Å². The number of halogens is 1. The average molecular weight is 304 g/mol. The van der Waals surface area contributed by atoms with Crippen molar-refractivity contribution in [3.05, 3.63) is 70.2 Å². The highest BCUT2D eigenvalue weighted by Gasteiger charge is 2.09. The van der Waals surface area contributed by atoms with Crippen LogP contribution in [0, 0.1) is 0 Å². The van der Waals surface area contributed by atoms with Crippen LogP contribution in [-0.2, 0) is 6.54 Å². The standard InChI is InChI=1S/C17H18ClNO2/c1-2-16(13-7-9-15(18)10-8-13)19-11-12-3-5-14(6-4-12)17(20)21/h3-10,16,19H,2,11H2,1H3,(H,20,21). The first-order valence-corrected chi connectivity index (χ1v) is 7.29. The molecular weight excluding hydrogens is 286 g/mol. The summed E-state index contributed by atoms with van der Waals surface area (Å²) in [5.41, 5.74) is 2.57. The minimum atomic E-state index is -0.901. The van der Waals surface area contributed by atoms with Gasteiger partial charge in [0.1, 0.15) is 0 Å². The van der Waals surface area contributed by atoms with Crippen LogP contribution in [-0.4, -0.2) is 11.1 Å². The monoisotopic (exact) mass is 303 g/mol. The maximum absolute atomic E-state index is 10.8. The summed E-state index contributed by atoms with van der Waals surface area (Å²) in [6.45, 7) is 2.82. The Bertz CT molecular complexity index is 593. The third-order valence-corrected chi connectivity index (χ3v) is 3.69. The van der Waals surface area contributed by atoms with Gasteiger partial charge in [0.15, 0.2) is 0 Å². The van der Waals surface area contributed by atoms with Crippen LogP contribution in [0.5, 0.6) is 0 Å². The molecule has 0 aromatic heterocycles. The van der Waals surface area contributed by atoms with Crippen LogP contribution in [0.25, 0.3) is 0 Å². The van der Waals surface area contributed by atoms with Gasteiger partial charge in [-0.1, -0.05) is 42.8 Å². The zero-order chi connectivity index (χ0) is 15.2. The zero-order valence-electron chi connectivity index (χ0n) is 11.8. The highest BCUT2D eigenvalue weighted by molar-refractivity contribution is 6.30. The number of aromatic carboxylic acids is 1. The lowest BCUT2D eigenvalue weighted by molar-refractivity contribution is 0.0697. The van der Waals surface area contributed by atoms with Gasteiger partial charge in [-0.05, 0) is 41.8 Å². The van der Waals surface area contributed by atoms with Crippen molar-refractivity contribution in [2.24, 2.45) is 0 Å². The van der Waals surface area contributed by atoms with Crippen LogP contribution >= 0.6 is 11.6 Å². The lowest BCUT2D eigenvalue weighted by atomic mass is 10.0. The molecule has 1 atom stereocenters. The van der Waals surface area contributed by atoms with Crippen molar-refractivity contribution in [2.75, 3.05) is 0 Å². The van der Waals surface area contributed by atoms with E-state index in [1.165, 1.54) is 5.56 Å². The smallest absolute Gasteiger partial charge is 0.335 e. The van der Waals surface area contributed by atoms with E-state index >= 15 is 0 Å². The largest absolute Gasteiger partial charge is 0.478 e. The predicted octanol–water partition coefficient (Wildman–Crippen LogP) is 4.28. The second-order valence-corrected chi connectivity index (χ2v) is 5.33. The maximum atomic E-state index is 10.8. The fourth-order valence-corrected chi connectivity index (χ4v) is 2.33. The minimum absolute atomic E-state index is 0.251. The van der Waals surface area contributed by atoms with E-state index in [0.29, 0.717) is 12.1 Å². The SMILES string of the molecule is CCC(NCc1ccc(C(=O)O)cc1)c1ccc(Cl)cc1. The number of hydrogen-bond acceptors (Lipinski definition) is 2. The Balaban J connectivity index is 1.99. The molecular formula is C17H18ClNO2. The van der Waals surface area contributed by atoms with Crippen LogP contribution in [0.1, 0.15) is 40.9 Å². The van der Waals surface area contributed by atoms with Crippen molar-refractivity contribution in [1.29, 1.82) is 0 Å². The fourth-order valence-electron chi connectivity index (χ4n) is 2.20. The molecule has 0 aliphatic heterocycles. The lowest BCUT2D eigenvalue weighted by Crippen LogP contribution is -2.20. The van der Waals surface area contributed by atoms with Crippen molar-refractivity contribution >= 4 is 17.6 Å². The molecule has 3 nitrogen and oxygen atoms in total. The molecule has 2 aromatic rings. The average Bonchev–Trinajstić information content (AvgIpc) is 2.50. The van der Waals surface area contributed by atoms with Gasteiger partial charge in [0, 0.05) is 17.6 Å². The van der Waals surface area contributed by atoms with Gasteiger partial charge in [-0.2, -0.15) is 0 Å². The van der Waals surface area contributed by atoms with E-state index in [1.54, 1.807) is 12.1 Å². The molecule has 0 spiro atoms. The Labute approximate surface area is 129 Å². The first-order chi connectivity index (χ1) is 10.1. The normalized spacial score (nSPS) is 12.1. The molecule has 0 amide bonds. The topological polar surface area (TPSA) is 49.3 Å². The molecule has 2 rings (SSSR count). The van der Waals surface area contributed by atoms with E-state index in [1.807, 2.05) is 36.4 Å². The molecule has 0 saturated carbocycles. The summed E-state index contributed by atoms with van der Waals surface area (Å²) in [6.07, 6.45) is 0.967. The van der Waals surface area contributed by atoms with Crippen molar-refractivity contribution in [1.82, 2.24) is 5.32 Å². The summed E-state index contributed by atoms with van der Waals surface area (Å²) < 4.78 is 0. The number of carboxylic acids is 1. The van der Waals surface area contributed by atoms with Crippen LogP contribution in [0.3, 0.4) is 0 Å². The first kappa shape index (κ1) is 15.5. The second-order valence-electron chi connectivity index (χ2n) is 4.90. The van der Waals surface area contributed by atoms with Gasteiger partial charge >= 0.3 is 5.97 Å². The summed E-state index contributed by atoms with van der Waals surface area (Å²) in [5, 5.41) is 13.1. The van der Waals surface area contributed by atoms with Gasteiger partial charge in [0.2, 0.25) is 0 Å². The zero-order valence-corrected chi connectivity index (χ0v) is 12.6. The Morgan fingerprint density at radius 1 is 1.14 bits per heavy atom. The van der Waals surface area contributed by atoms with E-state index in [9.17, 15) is 4.79 Å². The van der Waals surface area contributed by atoms with E-state index in [0.717, 1.165) is 17.0 Å². The summed E-state index contributed by atoms with van der Waals surface area (Å²) in [5.74, 6) is -0.901. The Hall–Kier alpha value is -1.84. The van der Waals surface area contributed by atoms with Gasteiger partial charge in [-0.25, -0.2) is 4.79 Å². The third-order valence-electron chi connectivity index (χ3n) is 3.43. The second kappa shape index (κ2) is 7.25. The van der Waals surface area contributed by atoms with Crippen LogP contribution in [0.4, 0.5) is 0 Å². The van der Waals surface area contributed by atoms with E-state index in [4.69, 9.17) is 16.7 Å². The van der Waals surface area contributed by atoms with Crippen LogP contribution in [0.2, 0.25) is 5.02 Å². The molecule has 0 aliphatic rings. The molecule has 2 N–H and O–H groups in total. The molecule has 0 fully saturated rings. The van der Waals surface area contributed by atoms with Gasteiger partial charge in [0.25, 0.3) is 0 Å². The highest BCUT2D eigenvalue weighted by atomic mass is 35.5. The maximum Gasteiger partial charge on any atom is 0.335 e. The number of carbonyl (C=O) groups is 1. The molecule has 0 radical (unpaired) electrons. The van der Waals surface area contributed by atoms with E-state index < -0.39 is 5.97 Å². The summed E-state index contributed by atoms with van der Waals surface area (Å²) in [7, 11) is 0. The van der Waals surface area contributed by atoms with Crippen molar-refractivity contribution in [3.63, 3.8) is 0 Å².